The van der Waals surface area contributed by atoms with Crippen molar-refractivity contribution < 1.29 is 9.21 Å². The summed E-state index contributed by atoms with van der Waals surface area (Å²) in [5, 5.41) is 1.08. The molecular formula is C18H23Cl2N3O2. The van der Waals surface area contributed by atoms with E-state index in [1.165, 1.54) is 6.26 Å². The van der Waals surface area contributed by atoms with E-state index in [-0.39, 0.29) is 11.9 Å². The lowest BCUT2D eigenvalue weighted by atomic mass is 10.2. The van der Waals surface area contributed by atoms with Crippen molar-refractivity contribution in [1.82, 2.24) is 14.8 Å². The molecule has 0 radical (unpaired) electrons. The van der Waals surface area contributed by atoms with Gasteiger partial charge in [-0.3, -0.25) is 9.69 Å². The summed E-state index contributed by atoms with van der Waals surface area (Å²) in [6.45, 7) is 7.90. The third-order valence-corrected chi connectivity index (χ3v) is 4.77. The van der Waals surface area contributed by atoms with Gasteiger partial charge in [-0.2, -0.15) is 0 Å². The van der Waals surface area contributed by atoms with Gasteiger partial charge in [0.05, 0.1) is 16.6 Å². The van der Waals surface area contributed by atoms with Gasteiger partial charge < -0.3 is 9.32 Å². The van der Waals surface area contributed by atoms with E-state index >= 15 is 0 Å². The van der Waals surface area contributed by atoms with Crippen LogP contribution >= 0.6 is 23.2 Å². The standard InChI is InChI=1S/C18H23Cl2N3O2/c1-5-22(4)18(24)16-11-25-17(21-16)10-23(12(2)3)9-13-6-7-14(19)15(20)8-13/h6-8,11-12H,5,9-10H2,1-4H3. The molecular weight excluding hydrogens is 361 g/mol. The number of oxazole rings is 1. The van der Waals surface area contributed by atoms with Gasteiger partial charge in [0.25, 0.3) is 5.91 Å². The summed E-state index contributed by atoms with van der Waals surface area (Å²) in [6, 6.07) is 5.86. The average Bonchev–Trinajstić information content (AvgIpc) is 3.04. The highest BCUT2D eigenvalue weighted by Crippen LogP contribution is 2.24. The zero-order chi connectivity index (χ0) is 18.6. The number of hydrogen-bond acceptors (Lipinski definition) is 4. The second-order valence-electron chi connectivity index (χ2n) is 6.19. The molecule has 25 heavy (non-hydrogen) atoms. The monoisotopic (exact) mass is 383 g/mol. The minimum atomic E-state index is -0.141. The molecule has 1 aromatic carbocycles. The largest absolute Gasteiger partial charge is 0.447 e. The van der Waals surface area contributed by atoms with Crippen LogP contribution in [-0.4, -0.2) is 40.3 Å². The van der Waals surface area contributed by atoms with Gasteiger partial charge in [-0.05, 0) is 38.5 Å². The van der Waals surface area contributed by atoms with Gasteiger partial charge in [0.1, 0.15) is 6.26 Å². The molecule has 0 saturated carbocycles. The molecule has 0 fully saturated rings. The molecule has 2 rings (SSSR count). The molecule has 0 N–H and O–H groups in total. The highest BCUT2D eigenvalue weighted by atomic mass is 35.5. The third kappa shape index (κ3) is 5.21. The van der Waals surface area contributed by atoms with Crippen LogP contribution in [0.4, 0.5) is 0 Å². The van der Waals surface area contributed by atoms with Crippen molar-refractivity contribution in [2.75, 3.05) is 13.6 Å². The summed E-state index contributed by atoms with van der Waals surface area (Å²) >= 11 is 12.1. The molecule has 1 heterocycles. The molecule has 1 amide bonds. The zero-order valence-electron chi connectivity index (χ0n) is 14.9. The van der Waals surface area contributed by atoms with Gasteiger partial charge in [-0.25, -0.2) is 4.98 Å². The van der Waals surface area contributed by atoms with Crippen molar-refractivity contribution >= 4 is 29.1 Å². The van der Waals surface area contributed by atoms with E-state index in [0.29, 0.717) is 41.3 Å². The quantitative estimate of drug-likeness (QED) is 0.706. The second kappa shape index (κ2) is 8.70. The van der Waals surface area contributed by atoms with Crippen molar-refractivity contribution in [3.05, 3.63) is 51.7 Å². The fourth-order valence-electron chi connectivity index (χ4n) is 2.29. The van der Waals surface area contributed by atoms with E-state index in [2.05, 4.69) is 23.7 Å². The Morgan fingerprint density at radius 3 is 2.56 bits per heavy atom. The minimum Gasteiger partial charge on any atom is -0.447 e. The number of aromatic nitrogens is 1. The summed E-state index contributed by atoms with van der Waals surface area (Å²) in [4.78, 5) is 20.2. The molecule has 2 aromatic rings. The van der Waals surface area contributed by atoms with Gasteiger partial charge >= 0.3 is 0 Å². The van der Waals surface area contributed by atoms with Gasteiger partial charge in [-0.15, -0.1) is 0 Å². The normalized spacial score (nSPS) is 11.4. The molecule has 0 aliphatic heterocycles. The summed E-state index contributed by atoms with van der Waals surface area (Å²) in [7, 11) is 1.74. The van der Waals surface area contributed by atoms with Crippen LogP contribution in [0.3, 0.4) is 0 Å². The van der Waals surface area contributed by atoms with Crippen LogP contribution in [0, 0.1) is 0 Å². The second-order valence-corrected chi connectivity index (χ2v) is 7.01. The number of halogens is 2. The number of benzene rings is 1. The first kappa shape index (κ1) is 19.8. The van der Waals surface area contributed by atoms with E-state index < -0.39 is 0 Å². The van der Waals surface area contributed by atoms with Gasteiger partial charge in [0.2, 0.25) is 5.89 Å². The maximum absolute atomic E-state index is 12.1. The van der Waals surface area contributed by atoms with Crippen LogP contribution in [0.5, 0.6) is 0 Å². The fourth-order valence-corrected chi connectivity index (χ4v) is 2.61. The van der Waals surface area contributed by atoms with E-state index in [1.807, 2.05) is 19.1 Å². The molecule has 0 aliphatic rings. The Bertz CT molecular complexity index is 731. The Balaban J connectivity index is 2.10. The molecule has 136 valence electrons. The number of carbonyl (C=O) groups is 1. The van der Waals surface area contributed by atoms with Crippen LogP contribution < -0.4 is 0 Å². The maximum atomic E-state index is 12.1. The van der Waals surface area contributed by atoms with Gasteiger partial charge in [0, 0.05) is 26.2 Å². The average molecular weight is 384 g/mol. The Morgan fingerprint density at radius 1 is 1.24 bits per heavy atom. The predicted octanol–water partition coefficient (Wildman–Crippen LogP) is 4.48. The molecule has 0 saturated heterocycles. The smallest absolute Gasteiger partial charge is 0.275 e. The van der Waals surface area contributed by atoms with E-state index in [0.717, 1.165) is 5.56 Å². The van der Waals surface area contributed by atoms with Crippen molar-refractivity contribution in [3.8, 4) is 0 Å². The number of amides is 1. The lowest BCUT2D eigenvalue weighted by molar-refractivity contribution is 0.0796. The SMILES string of the molecule is CCN(C)C(=O)c1coc(CN(Cc2ccc(Cl)c(Cl)c2)C(C)C)n1. The van der Waals surface area contributed by atoms with E-state index in [1.54, 1.807) is 18.0 Å². The number of carbonyl (C=O) groups excluding carboxylic acids is 1. The lowest BCUT2D eigenvalue weighted by Crippen LogP contribution is -2.30. The van der Waals surface area contributed by atoms with Crippen molar-refractivity contribution in [2.24, 2.45) is 0 Å². The van der Waals surface area contributed by atoms with Crippen LogP contribution in [-0.2, 0) is 13.1 Å². The third-order valence-electron chi connectivity index (χ3n) is 4.03. The van der Waals surface area contributed by atoms with Crippen molar-refractivity contribution in [1.29, 1.82) is 0 Å². The first-order valence-corrected chi connectivity index (χ1v) is 8.95. The summed E-state index contributed by atoms with van der Waals surface area (Å²) in [5.41, 5.74) is 1.38. The van der Waals surface area contributed by atoms with Crippen molar-refractivity contribution in [3.63, 3.8) is 0 Å². The Hall–Kier alpha value is -1.56. The van der Waals surface area contributed by atoms with E-state index in [9.17, 15) is 4.79 Å². The predicted molar refractivity (Wildman–Crippen MR) is 100.0 cm³/mol. The van der Waals surface area contributed by atoms with Crippen LogP contribution in [0.15, 0.2) is 28.9 Å². The van der Waals surface area contributed by atoms with Crippen LogP contribution in [0.2, 0.25) is 10.0 Å². The Morgan fingerprint density at radius 2 is 1.96 bits per heavy atom. The fraction of sp³-hybridized carbons (Fsp3) is 0.444. The number of nitrogens with zero attached hydrogens (tertiary/aromatic N) is 3. The summed E-state index contributed by atoms with van der Waals surface area (Å²) < 4.78 is 5.49. The lowest BCUT2D eigenvalue weighted by Gasteiger charge is -2.25. The molecule has 0 atom stereocenters. The minimum absolute atomic E-state index is 0.141. The van der Waals surface area contributed by atoms with Crippen LogP contribution in [0.1, 0.15) is 42.7 Å². The summed E-state index contributed by atoms with van der Waals surface area (Å²) in [6.07, 6.45) is 1.42. The molecule has 5 nitrogen and oxygen atoms in total. The highest BCUT2D eigenvalue weighted by molar-refractivity contribution is 6.42. The molecule has 0 bridgehead atoms. The Labute approximate surface area is 158 Å². The number of rotatable bonds is 7. The summed E-state index contributed by atoms with van der Waals surface area (Å²) in [5.74, 6) is 0.375. The van der Waals surface area contributed by atoms with E-state index in [4.69, 9.17) is 27.6 Å². The highest BCUT2D eigenvalue weighted by Gasteiger charge is 2.19. The molecule has 0 unspecified atom stereocenters. The first-order chi connectivity index (χ1) is 11.8. The number of hydrogen-bond donors (Lipinski definition) is 0. The topological polar surface area (TPSA) is 49.6 Å². The zero-order valence-corrected chi connectivity index (χ0v) is 16.4. The first-order valence-electron chi connectivity index (χ1n) is 8.19. The van der Waals surface area contributed by atoms with Gasteiger partial charge in [0.15, 0.2) is 5.69 Å². The molecule has 7 heteroatoms. The Kier molecular flexibility index (Phi) is 6.87. The molecule has 1 aromatic heterocycles. The maximum Gasteiger partial charge on any atom is 0.275 e. The van der Waals surface area contributed by atoms with Crippen LogP contribution in [0.25, 0.3) is 0 Å². The molecule has 0 spiro atoms. The van der Waals surface area contributed by atoms with Gasteiger partial charge in [-0.1, -0.05) is 29.3 Å². The van der Waals surface area contributed by atoms with Crippen molar-refractivity contribution in [2.45, 2.75) is 39.9 Å². The molecule has 0 aliphatic carbocycles.